The molecule has 0 spiro atoms. The molecule has 20 heavy (non-hydrogen) atoms. The van der Waals surface area contributed by atoms with Crippen LogP contribution in [0, 0.1) is 0 Å². The Morgan fingerprint density at radius 1 is 1.40 bits per heavy atom. The third-order valence-electron chi connectivity index (χ3n) is 4.60. The number of fused-ring (bicyclic) bond motifs is 1. The van der Waals surface area contributed by atoms with Gasteiger partial charge in [-0.05, 0) is 30.7 Å². The molecule has 3 nitrogen and oxygen atoms in total. The molecule has 2 aliphatic heterocycles. The van der Waals surface area contributed by atoms with Crippen LogP contribution in [0.5, 0.6) is 0 Å². The standard InChI is InChI=1S/C16H23ClN2O/c1-12(13-4-3-5-14(17)8-13)9-19-10-15-16(11-19)20-7-6-18(15)2/h3-5,8,12,15-16H,6-7,9-11H2,1-2H3/t12-,15-,16-/m1/s1. The fourth-order valence-corrected chi connectivity index (χ4v) is 3.59. The summed E-state index contributed by atoms with van der Waals surface area (Å²) in [6.07, 6.45) is 0.389. The van der Waals surface area contributed by atoms with Crippen molar-refractivity contribution in [2.75, 3.05) is 39.8 Å². The normalized spacial score (nSPS) is 29.4. The number of hydrogen-bond donors (Lipinski definition) is 0. The van der Waals surface area contributed by atoms with Crippen molar-refractivity contribution in [2.24, 2.45) is 0 Å². The van der Waals surface area contributed by atoms with Crippen molar-refractivity contribution in [2.45, 2.75) is 25.0 Å². The van der Waals surface area contributed by atoms with Gasteiger partial charge < -0.3 is 4.74 Å². The van der Waals surface area contributed by atoms with E-state index in [9.17, 15) is 0 Å². The number of halogens is 1. The van der Waals surface area contributed by atoms with Crippen LogP contribution >= 0.6 is 11.6 Å². The second kappa shape index (κ2) is 6.02. The van der Waals surface area contributed by atoms with Gasteiger partial charge in [0.2, 0.25) is 0 Å². The summed E-state index contributed by atoms with van der Waals surface area (Å²) in [5.74, 6) is 0.499. The first kappa shape index (κ1) is 14.3. The highest BCUT2D eigenvalue weighted by atomic mass is 35.5. The molecule has 4 heteroatoms. The maximum atomic E-state index is 6.08. The molecule has 2 fully saturated rings. The summed E-state index contributed by atoms with van der Waals surface area (Å²) in [6, 6.07) is 8.79. The SMILES string of the molecule is C[C@H](CN1C[C@@H]2[C@@H](C1)OCCN2C)c1cccc(Cl)c1. The maximum Gasteiger partial charge on any atom is 0.0869 e. The molecule has 0 bridgehead atoms. The quantitative estimate of drug-likeness (QED) is 0.852. The number of likely N-dealkylation sites (tertiary alicyclic amines) is 1. The fourth-order valence-electron chi connectivity index (χ4n) is 3.39. The molecule has 0 aliphatic carbocycles. The summed E-state index contributed by atoms with van der Waals surface area (Å²) in [5, 5.41) is 0.826. The van der Waals surface area contributed by atoms with E-state index in [0.29, 0.717) is 18.1 Å². The monoisotopic (exact) mass is 294 g/mol. The number of hydrogen-bond acceptors (Lipinski definition) is 3. The molecular formula is C16H23ClN2O. The molecule has 110 valence electrons. The van der Waals surface area contributed by atoms with Crippen molar-refractivity contribution in [1.82, 2.24) is 9.80 Å². The first-order valence-corrected chi connectivity index (χ1v) is 7.81. The van der Waals surface area contributed by atoms with Crippen molar-refractivity contribution in [3.8, 4) is 0 Å². The molecular weight excluding hydrogens is 272 g/mol. The summed E-state index contributed by atoms with van der Waals surface area (Å²) in [7, 11) is 2.21. The van der Waals surface area contributed by atoms with E-state index in [2.05, 4.69) is 35.9 Å². The first-order chi connectivity index (χ1) is 9.63. The van der Waals surface area contributed by atoms with E-state index in [4.69, 9.17) is 16.3 Å². The Balaban J connectivity index is 1.61. The van der Waals surface area contributed by atoms with Gasteiger partial charge in [-0.1, -0.05) is 30.7 Å². The van der Waals surface area contributed by atoms with Crippen molar-refractivity contribution in [1.29, 1.82) is 0 Å². The van der Waals surface area contributed by atoms with E-state index in [0.717, 1.165) is 37.8 Å². The van der Waals surface area contributed by atoms with Gasteiger partial charge in [0.1, 0.15) is 0 Å². The molecule has 1 aromatic rings. The van der Waals surface area contributed by atoms with Crippen LogP contribution in [0.4, 0.5) is 0 Å². The van der Waals surface area contributed by atoms with Gasteiger partial charge in [-0.25, -0.2) is 0 Å². The topological polar surface area (TPSA) is 15.7 Å². The van der Waals surface area contributed by atoms with Gasteiger partial charge in [-0.2, -0.15) is 0 Å². The lowest BCUT2D eigenvalue weighted by atomic mass is 10.0. The van der Waals surface area contributed by atoms with Crippen molar-refractivity contribution in [3.05, 3.63) is 34.9 Å². The van der Waals surface area contributed by atoms with Crippen LogP contribution in [0.15, 0.2) is 24.3 Å². The van der Waals surface area contributed by atoms with Crippen molar-refractivity contribution in [3.63, 3.8) is 0 Å². The predicted octanol–water partition coefficient (Wildman–Crippen LogP) is 2.46. The van der Waals surface area contributed by atoms with Crippen LogP contribution in [-0.2, 0) is 4.74 Å². The van der Waals surface area contributed by atoms with Crippen LogP contribution in [0.3, 0.4) is 0 Å². The minimum Gasteiger partial charge on any atom is -0.374 e. The Morgan fingerprint density at radius 2 is 2.25 bits per heavy atom. The first-order valence-electron chi connectivity index (χ1n) is 7.43. The highest BCUT2D eigenvalue weighted by Crippen LogP contribution is 2.25. The largest absolute Gasteiger partial charge is 0.374 e. The van der Waals surface area contributed by atoms with Crippen LogP contribution in [0.2, 0.25) is 5.02 Å². The molecule has 0 saturated carbocycles. The second-order valence-electron chi connectivity index (χ2n) is 6.13. The van der Waals surface area contributed by atoms with Gasteiger partial charge in [0.15, 0.2) is 0 Å². The molecule has 0 unspecified atom stereocenters. The minimum atomic E-state index is 0.389. The van der Waals surface area contributed by atoms with E-state index >= 15 is 0 Å². The Kier molecular flexibility index (Phi) is 4.32. The zero-order valence-electron chi connectivity index (χ0n) is 12.3. The minimum absolute atomic E-state index is 0.389. The summed E-state index contributed by atoms with van der Waals surface area (Å²) >= 11 is 6.08. The predicted molar refractivity (Wildman–Crippen MR) is 82.5 cm³/mol. The number of benzene rings is 1. The number of morpholine rings is 1. The summed E-state index contributed by atoms with van der Waals surface area (Å²) < 4.78 is 5.90. The highest BCUT2D eigenvalue weighted by Gasteiger charge is 2.38. The second-order valence-corrected chi connectivity index (χ2v) is 6.57. The summed E-state index contributed by atoms with van der Waals surface area (Å²) in [5.41, 5.74) is 1.32. The molecule has 2 heterocycles. The average Bonchev–Trinajstić information content (AvgIpc) is 2.83. The average molecular weight is 295 g/mol. The van der Waals surface area contributed by atoms with E-state index < -0.39 is 0 Å². The zero-order valence-corrected chi connectivity index (χ0v) is 13.0. The third-order valence-corrected chi connectivity index (χ3v) is 4.84. The highest BCUT2D eigenvalue weighted by molar-refractivity contribution is 6.30. The van der Waals surface area contributed by atoms with Crippen molar-refractivity contribution >= 4 is 11.6 Å². The van der Waals surface area contributed by atoms with Crippen LogP contribution in [0.1, 0.15) is 18.4 Å². The number of nitrogens with zero attached hydrogens (tertiary/aromatic N) is 2. The molecule has 3 atom stereocenters. The van der Waals surface area contributed by atoms with Gasteiger partial charge >= 0.3 is 0 Å². The zero-order chi connectivity index (χ0) is 14.1. The van der Waals surface area contributed by atoms with Gasteiger partial charge in [0.05, 0.1) is 12.7 Å². The Bertz CT molecular complexity index is 468. The van der Waals surface area contributed by atoms with Crippen LogP contribution < -0.4 is 0 Å². The third kappa shape index (κ3) is 3.01. The molecule has 2 aliphatic rings. The van der Waals surface area contributed by atoms with Gasteiger partial charge in [0, 0.05) is 37.2 Å². The van der Waals surface area contributed by atoms with E-state index in [1.807, 2.05) is 12.1 Å². The van der Waals surface area contributed by atoms with E-state index in [1.54, 1.807) is 0 Å². The van der Waals surface area contributed by atoms with Crippen LogP contribution in [0.25, 0.3) is 0 Å². The lowest BCUT2D eigenvalue weighted by molar-refractivity contribution is -0.0369. The van der Waals surface area contributed by atoms with Crippen molar-refractivity contribution < 1.29 is 4.74 Å². The maximum absolute atomic E-state index is 6.08. The molecule has 0 radical (unpaired) electrons. The summed E-state index contributed by atoms with van der Waals surface area (Å²) in [4.78, 5) is 4.97. The Hall–Kier alpha value is -0.610. The van der Waals surface area contributed by atoms with Crippen LogP contribution in [-0.4, -0.2) is 61.8 Å². The smallest absolute Gasteiger partial charge is 0.0869 e. The lowest BCUT2D eigenvalue weighted by Crippen LogP contribution is -2.48. The Morgan fingerprint density at radius 3 is 3.00 bits per heavy atom. The van der Waals surface area contributed by atoms with Gasteiger partial charge in [-0.15, -0.1) is 0 Å². The van der Waals surface area contributed by atoms with Gasteiger partial charge in [0.25, 0.3) is 0 Å². The lowest BCUT2D eigenvalue weighted by Gasteiger charge is -2.33. The molecule has 2 saturated heterocycles. The number of ether oxygens (including phenoxy) is 1. The summed E-state index contributed by atoms with van der Waals surface area (Å²) in [6.45, 7) is 7.45. The molecule has 0 aromatic heterocycles. The van der Waals surface area contributed by atoms with Gasteiger partial charge in [-0.3, -0.25) is 9.80 Å². The van der Waals surface area contributed by atoms with E-state index in [-0.39, 0.29) is 0 Å². The molecule has 3 rings (SSSR count). The fraction of sp³-hybridized carbons (Fsp3) is 0.625. The molecule has 0 N–H and O–H groups in total. The number of likely N-dealkylation sites (N-methyl/N-ethyl adjacent to an activating group) is 1. The number of rotatable bonds is 3. The van der Waals surface area contributed by atoms with E-state index in [1.165, 1.54) is 5.56 Å². The molecule has 0 amide bonds. The Labute approximate surface area is 126 Å². The molecule has 1 aromatic carbocycles.